The maximum absolute atomic E-state index is 14.2. The van der Waals surface area contributed by atoms with Crippen LogP contribution in [0.3, 0.4) is 0 Å². The van der Waals surface area contributed by atoms with E-state index in [0.717, 1.165) is 17.0 Å². The SMILES string of the molecule is CCOc1ccc(F)cc1C(C(=O)O)N1Cc2ccc(Cl)c(F)c2C1=O. The summed E-state index contributed by atoms with van der Waals surface area (Å²) in [5.74, 6) is -3.63. The van der Waals surface area contributed by atoms with E-state index in [4.69, 9.17) is 16.3 Å². The Hall–Kier alpha value is -2.67. The molecule has 1 N–H and O–H groups in total. The van der Waals surface area contributed by atoms with Crippen molar-refractivity contribution in [2.75, 3.05) is 6.61 Å². The fraction of sp³-hybridized carbons (Fsp3) is 0.222. The molecule has 26 heavy (non-hydrogen) atoms. The molecule has 1 aliphatic heterocycles. The molecular weight excluding hydrogens is 368 g/mol. The van der Waals surface area contributed by atoms with Crippen LogP contribution in [0, 0.1) is 11.6 Å². The summed E-state index contributed by atoms with van der Waals surface area (Å²) in [6.45, 7) is 1.78. The highest BCUT2D eigenvalue weighted by molar-refractivity contribution is 6.31. The van der Waals surface area contributed by atoms with Crippen molar-refractivity contribution in [1.82, 2.24) is 4.90 Å². The molecule has 5 nitrogen and oxygen atoms in total. The molecule has 2 aromatic carbocycles. The van der Waals surface area contributed by atoms with Gasteiger partial charge in [0, 0.05) is 12.1 Å². The Balaban J connectivity index is 2.09. The Bertz CT molecular complexity index is 903. The van der Waals surface area contributed by atoms with Crippen LogP contribution in [0.15, 0.2) is 30.3 Å². The highest BCUT2D eigenvalue weighted by Gasteiger charge is 2.41. The van der Waals surface area contributed by atoms with Gasteiger partial charge in [0.25, 0.3) is 5.91 Å². The van der Waals surface area contributed by atoms with Crippen LogP contribution in [0.2, 0.25) is 5.02 Å². The quantitative estimate of drug-likeness (QED) is 0.855. The molecule has 0 bridgehead atoms. The molecule has 136 valence electrons. The first-order valence-electron chi connectivity index (χ1n) is 7.78. The molecule has 2 aromatic rings. The minimum Gasteiger partial charge on any atom is -0.493 e. The number of halogens is 3. The van der Waals surface area contributed by atoms with Crippen LogP contribution in [0.1, 0.15) is 34.5 Å². The molecule has 1 atom stereocenters. The number of carboxylic acids is 1. The molecule has 0 aromatic heterocycles. The van der Waals surface area contributed by atoms with Crippen LogP contribution < -0.4 is 4.74 Å². The Labute approximate surface area is 152 Å². The summed E-state index contributed by atoms with van der Waals surface area (Å²) >= 11 is 5.72. The Morgan fingerprint density at radius 3 is 2.73 bits per heavy atom. The number of aliphatic carboxylic acids is 1. The van der Waals surface area contributed by atoms with Crippen molar-refractivity contribution in [1.29, 1.82) is 0 Å². The van der Waals surface area contributed by atoms with E-state index in [0.29, 0.717) is 5.56 Å². The fourth-order valence-corrected chi connectivity index (χ4v) is 3.17. The zero-order chi connectivity index (χ0) is 19.0. The second kappa shape index (κ2) is 6.92. The van der Waals surface area contributed by atoms with Gasteiger partial charge in [-0.15, -0.1) is 0 Å². The van der Waals surface area contributed by atoms with Crippen molar-refractivity contribution in [2.45, 2.75) is 19.5 Å². The molecule has 1 unspecified atom stereocenters. The Kier molecular flexibility index (Phi) is 4.82. The lowest BCUT2D eigenvalue weighted by molar-refractivity contribution is -0.142. The summed E-state index contributed by atoms with van der Waals surface area (Å²) in [5, 5.41) is 9.47. The van der Waals surface area contributed by atoms with Gasteiger partial charge in [-0.25, -0.2) is 13.6 Å². The number of fused-ring (bicyclic) bond motifs is 1. The van der Waals surface area contributed by atoms with Crippen molar-refractivity contribution in [3.8, 4) is 5.75 Å². The van der Waals surface area contributed by atoms with Gasteiger partial charge in [-0.3, -0.25) is 4.79 Å². The average Bonchev–Trinajstić information content (AvgIpc) is 2.91. The van der Waals surface area contributed by atoms with Crippen LogP contribution in [0.5, 0.6) is 5.75 Å². The number of amides is 1. The van der Waals surface area contributed by atoms with Crippen molar-refractivity contribution < 1.29 is 28.2 Å². The van der Waals surface area contributed by atoms with Gasteiger partial charge in [-0.2, -0.15) is 0 Å². The molecule has 0 aliphatic carbocycles. The van der Waals surface area contributed by atoms with E-state index in [1.54, 1.807) is 6.92 Å². The maximum atomic E-state index is 14.2. The standard InChI is InChI=1S/C18H14ClF2NO4/c1-2-26-13-6-4-10(20)7-11(13)16(18(24)25)22-8-9-3-5-12(19)15(21)14(9)17(22)23/h3-7,16H,2,8H2,1H3,(H,24,25). The van der Waals surface area contributed by atoms with Crippen LogP contribution in [-0.4, -0.2) is 28.5 Å². The van der Waals surface area contributed by atoms with Gasteiger partial charge < -0.3 is 14.7 Å². The molecule has 8 heteroatoms. The number of nitrogens with zero attached hydrogens (tertiary/aromatic N) is 1. The lowest BCUT2D eigenvalue weighted by Gasteiger charge is -2.26. The number of ether oxygens (including phenoxy) is 1. The van der Waals surface area contributed by atoms with Gasteiger partial charge >= 0.3 is 5.97 Å². The first-order chi connectivity index (χ1) is 12.3. The first-order valence-corrected chi connectivity index (χ1v) is 8.15. The van der Waals surface area contributed by atoms with Crippen molar-refractivity contribution in [3.63, 3.8) is 0 Å². The molecule has 1 aliphatic rings. The van der Waals surface area contributed by atoms with Crippen molar-refractivity contribution in [3.05, 3.63) is 63.7 Å². The average molecular weight is 382 g/mol. The van der Waals surface area contributed by atoms with Gasteiger partial charge in [0.05, 0.1) is 17.2 Å². The summed E-state index contributed by atoms with van der Waals surface area (Å²) in [7, 11) is 0. The van der Waals surface area contributed by atoms with E-state index >= 15 is 0 Å². The monoisotopic (exact) mass is 381 g/mol. The summed E-state index contributed by atoms with van der Waals surface area (Å²) in [6.07, 6.45) is 0. The van der Waals surface area contributed by atoms with E-state index in [9.17, 15) is 23.5 Å². The number of carbonyl (C=O) groups is 2. The predicted octanol–water partition coefficient (Wildman–Crippen LogP) is 3.80. The Morgan fingerprint density at radius 1 is 1.35 bits per heavy atom. The molecule has 0 fully saturated rings. The minimum absolute atomic E-state index is 0.0213. The van der Waals surface area contributed by atoms with Gasteiger partial charge in [0.15, 0.2) is 11.9 Å². The number of benzene rings is 2. The summed E-state index contributed by atoms with van der Waals surface area (Å²) < 4.78 is 33.4. The van der Waals surface area contributed by atoms with E-state index in [1.165, 1.54) is 18.2 Å². The maximum Gasteiger partial charge on any atom is 0.331 e. The van der Waals surface area contributed by atoms with Crippen LogP contribution in [-0.2, 0) is 11.3 Å². The molecule has 3 rings (SSSR count). The third kappa shape index (κ3) is 2.99. The topological polar surface area (TPSA) is 66.8 Å². The summed E-state index contributed by atoms with van der Waals surface area (Å²) in [4.78, 5) is 25.5. The molecule has 0 saturated carbocycles. The highest BCUT2D eigenvalue weighted by atomic mass is 35.5. The lowest BCUT2D eigenvalue weighted by atomic mass is 10.0. The third-order valence-corrected chi connectivity index (χ3v) is 4.40. The van der Waals surface area contributed by atoms with E-state index in [2.05, 4.69) is 0 Å². The molecule has 1 heterocycles. The summed E-state index contributed by atoms with van der Waals surface area (Å²) in [6, 6.07) is 4.67. The van der Waals surface area contributed by atoms with Crippen LogP contribution >= 0.6 is 11.6 Å². The number of hydrogen-bond donors (Lipinski definition) is 1. The first kappa shape index (κ1) is 18.1. The summed E-state index contributed by atoms with van der Waals surface area (Å²) in [5.41, 5.74) is 0.0302. The normalized spacial score (nSPS) is 14.3. The van der Waals surface area contributed by atoms with Crippen molar-refractivity contribution >= 4 is 23.5 Å². The van der Waals surface area contributed by atoms with Gasteiger partial charge in [0.1, 0.15) is 11.6 Å². The molecule has 0 radical (unpaired) electrons. The van der Waals surface area contributed by atoms with Gasteiger partial charge in [0.2, 0.25) is 0 Å². The molecule has 0 saturated heterocycles. The third-order valence-electron chi connectivity index (χ3n) is 4.11. The second-order valence-electron chi connectivity index (χ2n) is 5.68. The Morgan fingerprint density at radius 2 is 2.08 bits per heavy atom. The fourth-order valence-electron chi connectivity index (χ4n) is 3.02. The molecule has 1 amide bonds. The van der Waals surface area contributed by atoms with E-state index in [-0.39, 0.29) is 35.1 Å². The van der Waals surface area contributed by atoms with Gasteiger partial charge in [-0.05, 0) is 36.8 Å². The second-order valence-corrected chi connectivity index (χ2v) is 6.09. The number of carboxylic acid groups (broad SMARTS) is 1. The number of hydrogen-bond acceptors (Lipinski definition) is 3. The largest absolute Gasteiger partial charge is 0.493 e. The smallest absolute Gasteiger partial charge is 0.331 e. The van der Waals surface area contributed by atoms with E-state index < -0.39 is 29.6 Å². The minimum atomic E-state index is -1.54. The van der Waals surface area contributed by atoms with Crippen LogP contribution in [0.4, 0.5) is 8.78 Å². The van der Waals surface area contributed by atoms with Crippen molar-refractivity contribution in [2.24, 2.45) is 0 Å². The zero-order valence-corrected chi connectivity index (χ0v) is 14.4. The number of rotatable bonds is 5. The highest BCUT2D eigenvalue weighted by Crippen LogP contribution is 2.38. The number of carbonyl (C=O) groups excluding carboxylic acids is 1. The van der Waals surface area contributed by atoms with Crippen LogP contribution in [0.25, 0.3) is 0 Å². The zero-order valence-electron chi connectivity index (χ0n) is 13.6. The van der Waals surface area contributed by atoms with E-state index in [1.807, 2.05) is 0 Å². The molecule has 0 spiro atoms. The van der Waals surface area contributed by atoms with Gasteiger partial charge in [-0.1, -0.05) is 17.7 Å². The molecular formula is C18H14ClF2NO4. The lowest BCUT2D eigenvalue weighted by Crippen LogP contribution is -2.35. The predicted molar refractivity (Wildman–Crippen MR) is 89.2 cm³/mol.